The predicted molar refractivity (Wildman–Crippen MR) is 99.9 cm³/mol. The summed E-state index contributed by atoms with van der Waals surface area (Å²) in [6.07, 6.45) is 3.54. The van der Waals surface area contributed by atoms with E-state index < -0.39 is 0 Å². The van der Waals surface area contributed by atoms with Crippen LogP contribution >= 0.6 is 0 Å². The molecule has 138 valence electrons. The highest BCUT2D eigenvalue weighted by molar-refractivity contribution is 5.67. The fraction of sp³-hybridized carbons (Fsp3) is 0.400. The van der Waals surface area contributed by atoms with Gasteiger partial charge in [-0.2, -0.15) is 0 Å². The van der Waals surface area contributed by atoms with Crippen LogP contribution in [-0.4, -0.2) is 42.9 Å². The number of likely N-dealkylation sites (tertiary alicyclic amines) is 1. The largest absolute Gasteiger partial charge is 0.445 e. The van der Waals surface area contributed by atoms with Crippen LogP contribution in [-0.2, 0) is 16.1 Å². The molecule has 0 bridgehead atoms. The number of amides is 1. The molecular weight excluding hydrogens is 330 g/mol. The first kappa shape index (κ1) is 18.2. The lowest BCUT2D eigenvalue weighted by molar-refractivity contribution is 0.0856. The molecule has 2 aromatic rings. The summed E-state index contributed by atoms with van der Waals surface area (Å²) in [6, 6.07) is 13.7. The van der Waals surface area contributed by atoms with Crippen molar-refractivity contribution >= 4 is 11.8 Å². The Morgan fingerprint density at radius 1 is 1.27 bits per heavy atom. The molecule has 6 heteroatoms. The van der Waals surface area contributed by atoms with Crippen molar-refractivity contribution in [3.63, 3.8) is 0 Å². The number of carbonyl (C=O) groups is 1. The van der Waals surface area contributed by atoms with E-state index in [-0.39, 0.29) is 12.0 Å². The number of methoxy groups -OCH3 is 1. The van der Waals surface area contributed by atoms with Gasteiger partial charge in [0.05, 0.1) is 11.9 Å². The van der Waals surface area contributed by atoms with Crippen LogP contribution in [0.4, 0.5) is 10.5 Å². The van der Waals surface area contributed by atoms with Gasteiger partial charge in [-0.3, -0.25) is 4.98 Å². The van der Waals surface area contributed by atoms with Crippen molar-refractivity contribution < 1.29 is 14.3 Å². The maximum atomic E-state index is 12.4. The predicted octanol–water partition coefficient (Wildman–Crippen LogP) is 3.61. The second kappa shape index (κ2) is 9.20. The lowest BCUT2D eigenvalue weighted by atomic mass is 9.94. The number of rotatable bonds is 6. The average Bonchev–Trinajstić information content (AvgIpc) is 2.71. The number of carbonyl (C=O) groups excluding carboxylic acids is 1. The first-order chi connectivity index (χ1) is 12.8. The molecular formula is C20H25N3O3. The third kappa shape index (κ3) is 4.95. The minimum absolute atomic E-state index is 0.240. The van der Waals surface area contributed by atoms with Crippen LogP contribution in [0.3, 0.4) is 0 Å². The van der Waals surface area contributed by atoms with Crippen LogP contribution in [0, 0.1) is 0 Å². The molecule has 0 saturated carbocycles. The van der Waals surface area contributed by atoms with E-state index in [0.717, 1.165) is 36.3 Å². The minimum Gasteiger partial charge on any atom is -0.445 e. The van der Waals surface area contributed by atoms with Crippen molar-refractivity contribution in [2.75, 3.05) is 32.2 Å². The molecule has 2 heterocycles. The second-order valence-electron chi connectivity index (χ2n) is 6.41. The molecule has 1 aromatic heterocycles. The molecule has 1 fully saturated rings. The maximum absolute atomic E-state index is 12.4. The number of nitrogens with zero attached hydrogens (tertiary/aromatic N) is 2. The molecule has 1 aliphatic heterocycles. The van der Waals surface area contributed by atoms with Crippen LogP contribution < -0.4 is 5.32 Å². The smallest absolute Gasteiger partial charge is 0.410 e. The molecule has 0 spiro atoms. The fourth-order valence-corrected chi connectivity index (χ4v) is 3.10. The number of nitrogens with one attached hydrogen (secondary N) is 1. The van der Waals surface area contributed by atoms with E-state index in [1.807, 2.05) is 42.5 Å². The normalized spacial score (nSPS) is 17.0. The number of ether oxygens (including phenoxy) is 2. The number of hydrogen-bond donors (Lipinski definition) is 1. The molecule has 1 saturated heterocycles. The van der Waals surface area contributed by atoms with Crippen LogP contribution in [0.5, 0.6) is 0 Å². The monoisotopic (exact) mass is 355 g/mol. The molecule has 6 nitrogen and oxygen atoms in total. The van der Waals surface area contributed by atoms with Crippen molar-refractivity contribution in [2.24, 2.45) is 0 Å². The van der Waals surface area contributed by atoms with E-state index in [1.165, 1.54) is 0 Å². The third-order valence-electron chi connectivity index (χ3n) is 4.51. The van der Waals surface area contributed by atoms with Gasteiger partial charge < -0.3 is 19.7 Å². The first-order valence-electron chi connectivity index (χ1n) is 8.90. The first-order valence-corrected chi connectivity index (χ1v) is 8.90. The van der Waals surface area contributed by atoms with E-state index in [0.29, 0.717) is 19.9 Å². The summed E-state index contributed by atoms with van der Waals surface area (Å²) in [6.45, 7) is 2.13. The second-order valence-corrected chi connectivity index (χ2v) is 6.41. The summed E-state index contributed by atoms with van der Waals surface area (Å²) in [5, 5.41) is 3.11. The SMILES string of the molecule is COCNc1ccc(C2CCCN(C(=O)OCc3ccccc3)C2)nc1. The standard InChI is InChI=1S/C20H25N3O3/c1-25-15-22-18-9-10-19(21-12-18)17-8-5-11-23(13-17)20(24)26-14-16-6-3-2-4-7-16/h2-4,6-7,9-10,12,17,22H,5,8,11,13-15H2,1H3. The highest BCUT2D eigenvalue weighted by Crippen LogP contribution is 2.26. The lowest BCUT2D eigenvalue weighted by Crippen LogP contribution is -2.39. The summed E-state index contributed by atoms with van der Waals surface area (Å²) in [4.78, 5) is 18.7. The minimum atomic E-state index is -0.253. The molecule has 1 aromatic carbocycles. The topological polar surface area (TPSA) is 63.7 Å². The third-order valence-corrected chi connectivity index (χ3v) is 4.51. The molecule has 3 rings (SSSR count). The van der Waals surface area contributed by atoms with Gasteiger partial charge in [-0.1, -0.05) is 30.3 Å². The highest BCUT2D eigenvalue weighted by atomic mass is 16.6. The summed E-state index contributed by atoms with van der Waals surface area (Å²) in [5.41, 5.74) is 2.93. The van der Waals surface area contributed by atoms with Gasteiger partial charge in [0.1, 0.15) is 13.3 Å². The molecule has 0 aliphatic carbocycles. The zero-order chi connectivity index (χ0) is 18.2. The van der Waals surface area contributed by atoms with Crippen molar-refractivity contribution in [3.05, 3.63) is 59.9 Å². The van der Waals surface area contributed by atoms with Gasteiger partial charge >= 0.3 is 6.09 Å². The number of aromatic nitrogens is 1. The molecule has 0 radical (unpaired) electrons. The molecule has 1 N–H and O–H groups in total. The summed E-state index contributed by atoms with van der Waals surface area (Å²) < 4.78 is 10.4. The van der Waals surface area contributed by atoms with Gasteiger partial charge in [0.25, 0.3) is 0 Å². The number of pyridine rings is 1. The van der Waals surface area contributed by atoms with Crippen LogP contribution in [0.15, 0.2) is 48.7 Å². The zero-order valence-corrected chi connectivity index (χ0v) is 15.1. The van der Waals surface area contributed by atoms with Crippen LogP contribution in [0.2, 0.25) is 0 Å². The van der Waals surface area contributed by atoms with Gasteiger partial charge in [0.15, 0.2) is 0 Å². The van der Waals surface area contributed by atoms with Crippen LogP contribution in [0.25, 0.3) is 0 Å². The summed E-state index contributed by atoms with van der Waals surface area (Å²) in [5.74, 6) is 0.240. The van der Waals surface area contributed by atoms with Gasteiger partial charge in [0.2, 0.25) is 0 Å². The van der Waals surface area contributed by atoms with E-state index in [2.05, 4.69) is 10.3 Å². The van der Waals surface area contributed by atoms with Gasteiger partial charge in [-0.15, -0.1) is 0 Å². The Labute approximate surface area is 154 Å². The number of anilines is 1. The fourth-order valence-electron chi connectivity index (χ4n) is 3.10. The maximum Gasteiger partial charge on any atom is 0.410 e. The Balaban J connectivity index is 1.54. The van der Waals surface area contributed by atoms with Crippen molar-refractivity contribution in [1.29, 1.82) is 0 Å². The van der Waals surface area contributed by atoms with Crippen LogP contribution in [0.1, 0.15) is 30.0 Å². The Bertz CT molecular complexity index is 691. The Morgan fingerprint density at radius 2 is 2.12 bits per heavy atom. The lowest BCUT2D eigenvalue weighted by Gasteiger charge is -2.31. The van der Waals surface area contributed by atoms with E-state index in [9.17, 15) is 4.79 Å². The average molecular weight is 355 g/mol. The number of hydrogen-bond acceptors (Lipinski definition) is 5. The molecule has 1 aliphatic rings. The number of piperidine rings is 1. The Hall–Kier alpha value is -2.60. The van der Waals surface area contributed by atoms with Crippen molar-refractivity contribution in [1.82, 2.24) is 9.88 Å². The van der Waals surface area contributed by atoms with E-state index >= 15 is 0 Å². The molecule has 26 heavy (non-hydrogen) atoms. The highest BCUT2D eigenvalue weighted by Gasteiger charge is 2.26. The molecule has 1 unspecified atom stereocenters. The quantitative estimate of drug-likeness (QED) is 0.802. The van der Waals surface area contributed by atoms with Crippen molar-refractivity contribution in [3.8, 4) is 0 Å². The molecule has 1 atom stereocenters. The Morgan fingerprint density at radius 3 is 2.85 bits per heavy atom. The van der Waals surface area contributed by atoms with Crippen molar-refractivity contribution in [2.45, 2.75) is 25.4 Å². The van der Waals surface area contributed by atoms with Gasteiger partial charge in [-0.25, -0.2) is 4.79 Å². The van der Waals surface area contributed by atoms with E-state index in [1.54, 1.807) is 18.2 Å². The summed E-state index contributed by atoms with van der Waals surface area (Å²) >= 11 is 0. The van der Waals surface area contributed by atoms with E-state index in [4.69, 9.17) is 9.47 Å². The molecule has 1 amide bonds. The Kier molecular flexibility index (Phi) is 6.44. The van der Waals surface area contributed by atoms with Gasteiger partial charge in [0, 0.05) is 31.8 Å². The number of benzene rings is 1. The van der Waals surface area contributed by atoms with Gasteiger partial charge in [-0.05, 0) is 30.5 Å². The summed E-state index contributed by atoms with van der Waals surface area (Å²) in [7, 11) is 1.64. The zero-order valence-electron chi connectivity index (χ0n) is 15.1.